The Balaban J connectivity index is 2.45. The molecule has 0 aromatic carbocycles. The molecule has 1 unspecified atom stereocenters. The van der Waals surface area contributed by atoms with Crippen LogP contribution in [0.2, 0.25) is 0 Å². The lowest BCUT2D eigenvalue weighted by Gasteiger charge is -2.49. The summed E-state index contributed by atoms with van der Waals surface area (Å²) in [5.74, 6) is 0. The van der Waals surface area contributed by atoms with Crippen LogP contribution in [-0.4, -0.2) is 26.5 Å². The van der Waals surface area contributed by atoms with E-state index in [1.54, 1.807) is 30.3 Å². The third-order valence-corrected chi connectivity index (χ3v) is 3.27. The summed E-state index contributed by atoms with van der Waals surface area (Å²) in [6.07, 6.45) is 3.74. The predicted octanol–water partition coefficient (Wildman–Crippen LogP) is 1.24. The van der Waals surface area contributed by atoms with Gasteiger partial charge in [-0.05, 0) is 39.1 Å². The van der Waals surface area contributed by atoms with Crippen molar-refractivity contribution in [2.45, 2.75) is 38.5 Å². The molecule has 0 aliphatic carbocycles. The summed E-state index contributed by atoms with van der Waals surface area (Å²) in [5.41, 5.74) is 5.73. The number of nitrogens with two attached hydrogens (primary N) is 1. The molecule has 2 heterocycles. The van der Waals surface area contributed by atoms with Gasteiger partial charge in [-0.15, -0.1) is 0 Å². The molecule has 1 atom stereocenters. The Morgan fingerprint density at radius 2 is 2.17 bits per heavy atom. The normalized spacial score (nSPS) is 26.9. The quantitative estimate of drug-likeness (QED) is 0.664. The van der Waals surface area contributed by atoms with Crippen molar-refractivity contribution in [2.75, 3.05) is 10.6 Å². The first-order valence-electron chi connectivity index (χ1n) is 5.77. The zero-order chi connectivity index (χ0) is 13.6. The van der Waals surface area contributed by atoms with E-state index in [1.165, 1.54) is 0 Å². The number of nitrogens with zero attached hydrogens (tertiary/aromatic N) is 2. The van der Waals surface area contributed by atoms with Gasteiger partial charge >= 0.3 is 0 Å². The first-order chi connectivity index (χ1) is 8.23. The maximum absolute atomic E-state index is 10.6. The number of nitrogen functional groups attached to an aromatic ring is 1. The SMILES string of the molecule is CC1(C)CC(C)(O)N(c2cnccc2N)C(=S)N1. The number of pyridine rings is 1. The minimum absolute atomic E-state index is 0.256. The Hall–Kier alpha value is -1.40. The lowest BCUT2D eigenvalue weighted by molar-refractivity contribution is 0.0278. The molecule has 0 saturated carbocycles. The smallest absolute Gasteiger partial charge is 0.176 e. The average Bonchev–Trinajstić information content (AvgIpc) is 2.16. The number of nitrogens with one attached hydrogen (secondary N) is 1. The molecule has 2 rings (SSSR count). The summed E-state index contributed by atoms with van der Waals surface area (Å²) < 4.78 is 0. The van der Waals surface area contributed by atoms with Gasteiger partial charge in [-0.3, -0.25) is 9.88 Å². The summed E-state index contributed by atoms with van der Waals surface area (Å²) in [6, 6.07) is 1.69. The molecule has 1 aliphatic heterocycles. The van der Waals surface area contributed by atoms with E-state index in [0.29, 0.717) is 22.9 Å². The maximum atomic E-state index is 10.6. The highest BCUT2D eigenvalue weighted by molar-refractivity contribution is 7.80. The summed E-state index contributed by atoms with van der Waals surface area (Å²) in [6.45, 7) is 5.73. The van der Waals surface area contributed by atoms with Gasteiger partial charge in [-0.25, -0.2) is 0 Å². The van der Waals surface area contributed by atoms with Crippen molar-refractivity contribution < 1.29 is 5.11 Å². The van der Waals surface area contributed by atoms with E-state index in [0.717, 1.165) is 0 Å². The van der Waals surface area contributed by atoms with Crippen LogP contribution in [0.25, 0.3) is 0 Å². The molecule has 5 nitrogen and oxygen atoms in total. The van der Waals surface area contributed by atoms with E-state index in [9.17, 15) is 5.11 Å². The van der Waals surface area contributed by atoms with E-state index in [1.807, 2.05) is 13.8 Å². The van der Waals surface area contributed by atoms with Crippen LogP contribution in [0.5, 0.6) is 0 Å². The van der Waals surface area contributed by atoms with Crippen molar-refractivity contribution in [3.8, 4) is 0 Å². The molecule has 1 aromatic heterocycles. The van der Waals surface area contributed by atoms with E-state index < -0.39 is 5.72 Å². The highest BCUT2D eigenvalue weighted by Gasteiger charge is 2.44. The summed E-state index contributed by atoms with van der Waals surface area (Å²) in [7, 11) is 0. The predicted molar refractivity (Wildman–Crippen MR) is 76.2 cm³/mol. The highest BCUT2D eigenvalue weighted by atomic mass is 32.1. The molecule has 0 amide bonds. The molecule has 1 aliphatic rings. The second-order valence-corrected chi connectivity index (χ2v) is 5.86. The molecule has 1 fully saturated rings. The van der Waals surface area contributed by atoms with Crippen LogP contribution in [-0.2, 0) is 0 Å². The van der Waals surface area contributed by atoms with Crippen molar-refractivity contribution in [3.63, 3.8) is 0 Å². The number of hydrogen-bond acceptors (Lipinski definition) is 4. The highest BCUT2D eigenvalue weighted by Crippen LogP contribution is 2.35. The van der Waals surface area contributed by atoms with E-state index >= 15 is 0 Å². The fraction of sp³-hybridized carbons (Fsp3) is 0.500. The molecule has 98 valence electrons. The molecular weight excluding hydrogens is 248 g/mol. The Labute approximate surface area is 112 Å². The second kappa shape index (κ2) is 4.07. The van der Waals surface area contributed by atoms with Gasteiger partial charge in [0.25, 0.3) is 0 Å². The number of aliphatic hydroxyl groups is 1. The Kier molecular flexibility index (Phi) is 2.95. The van der Waals surface area contributed by atoms with Gasteiger partial charge in [0.15, 0.2) is 5.11 Å². The maximum Gasteiger partial charge on any atom is 0.176 e. The second-order valence-electron chi connectivity index (χ2n) is 5.48. The molecule has 6 heteroatoms. The topological polar surface area (TPSA) is 74.4 Å². The minimum atomic E-state index is -1.09. The van der Waals surface area contributed by atoms with Gasteiger partial charge in [0.1, 0.15) is 5.72 Å². The Bertz CT molecular complexity index is 487. The molecular formula is C12H18N4OS. The van der Waals surface area contributed by atoms with Crippen LogP contribution in [0.15, 0.2) is 18.5 Å². The number of anilines is 2. The molecule has 1 saturated heterocycles. The van der Waals surface area contributed by atoms with Crippen LogP contribution in [0.1, 0.15) is 27.2 Å². The molecule has 0 spiro atoms. The molecule has 4 N–H and O–H groups in total. The van der Waals surface area contributed by atoms with Crippen LogP contribution >= 0.6 is 12.2 Å². The standard InChI is InChI=1S/C12H18N4OS/c1-11(2)7-12(3,17)16(10(18)15-11)9-6-14-5-4-8(9)13/h4-6,17H,7H2,1-3H3,(H2,13,14)(H,15,18). The zero-order valence-corrected chi connectivity index (χ0v) is 11.6. The van der Waals surface area contributed by atoms with Crippen LogP contribution < -0.4 is 16.0 Å². The molecule has 0 bridgehead atoms. The van der Waals surface area contributed by atoms with E-state index in [-0.39, 0.29) is 5.54 Å². The number of rotatable bonds is 1. The first kappa shape index (κ1) is 13.0. The van der Waals surface area contributed by atoms with Gasteiger partial charge in [0, 0.05) is 18.2 Å². The van der Waals surface area contributed by atoms with Crippen LogP contribution in [0.4, 0.5) is 11.4 Å². The lowest BCUT2D eigenvalue weighted by Crippen LogP contribution is -2.66. The largest absolute Gasteiger partial charge is 0.397 e. The lowest BCUT2D eigenvalue weighted by atomic mass is 9.90. The number of aromatic nitrogens is 1. The van der Waals surface area contributed by atoms with Gasteiger partial charge in [0.05, 0.1) is 17.6 Å². The van der Waals surface area contributed by atoms with E-state index in [4.69, 9.17) is 18.0 Å². The van der Waals surface area contributed by atoms with E-state index in [2.05, 4.69) is 10.3 Å². The van der Waals surface area contributed by atoms with Gasteiger partial charge in [-0.1, -0.05) is 0 Å². The minimum Gasteiger partial charge on any atom is -0.397 e. The molecule has 18 heavy (non-hydrogen) atoms. The number of thiocarbonyl (C=S) groups is 1. The monoisotopic (exact) mass is 266 g/mol. The third kappa shape index (κ3) is 2.26. The van der Waals surface area contributed by atoms with Crippen LogP contribution in [0, 0.1) is 0 Å². The molecule has 1 aromatic rings. The van der Waals surface area contributed by atoms with Crippen molar-refractivity contribution in [3.05, 3.63) is 18.5 Å². The molecule has 0 radical (unpaired) electrons. The third-order valence-electron chi connectivity index (χ3n) is 2.98. The number of hydrogen-bond donors (Lipinski definition) is 3. The van der Waals surface area contributed by atoms with Crippen molar-refractivity contribution in [1.29, 1.82) is 0 Å². The van der Waals surface area contributed by atoms with Gasteiger partial charge in [0.2, 0.25) is 0 Å². The Morgan fingerprint density at radius 1 is 1.50 bits per heavy atom. The summed E-state index contributed by atoms with van der Waals surface area (Å²) in [5, 5.41) is 14.3. The van der Waals surface area contributed by atoms with Crippen molar-refractivity contribution in [1.82, 2.24) is 10.3 Å². The van der Waals surface area contributed by atoms with Crippen molar-refractivity contribution >= 4 is 28.7 Å². The van der Waals surface area contributed by atoms with Gasteiger partial charge < -0.3 is 16.2 Å². The van der Waals surface area contributed by atoms with Gasteiger partial charge in [-0.2, -0.15) is 0 Å². The fourth-order valence-electron chi connectivity index (χ4n) is 2.48. The summed E-state index contributed by atoms with van der Waals surface area (Å²) >= 11 is 5.34. The van der Waals surface area contributed by atoms with Crippen molar-refractivity contribution in [2.24, 2.45) is 0 Å². The van der Waals surface area contributed by atoms with Crippen LogP contribution in [0.3, 0.4) is 0 Å². The Morgan fingerprint density at radius 3 is 2.72 bits per heavy atom. The summed E-state index contributed by atoms with van der Waals surface area (Å²) in [4.78, 5) is 5.66. The average molecular weight is 266 g/mol. The fourth-order valence-corrected chi connectivity index (χ4v) is 3.05. The first-order valence-corrected chi connectivity index (χ1v) is 6.18. The zero-order valence-electron chi connectivity index (χ0n) is 10.8.